The molecular formula is C12H9BrN4O3. The van der Waals surface area contributed by atoms with E-state index in [0.717, 1.165) is 4.47 Å². The summed E-state index contributed by atoms with van der Waals surface area (Å²) in [6, 6.07) is 7.64. The maximum atomic E-state index is 10.8. The third-order valence-corrected chi connectivity index (χ3v) is 2.84. The zero-order valence-electron chi connectivity index (χ0n) is 10.0. The first-order valence-electron chi connectivity index (χ1n) is 5.45. The van der Waals surface area contributed by atoms with Gasteiger partial charge in [-0.25, -0.2) is 4.98 Å². The van der Waals surface area contributed by atoms with Gasteiger partial charge in [0.2, 0.25) is 5.82 Å². The highest BCUT2D eigenvalue weighted by Crippen LogP contribution is 2.22. The molecule has 20 heavy (non-hydrogen) atoms. The van der Waals surface area contributed by atoms with Crippen molar-refractivity contribution in [1.29, 1.82) is 0 Å². The number of nitro groups is 1. The molecule has 0 aliphatic carbocycles. The molecule has 0 atom stereocenters. The molecule has 8 heteroatoms. The van der Waals surface area contributed by atoms with Gasteiger partial charge in [-0.2, -0.15) is 5.10 Å². The molecule has 0 saturated heterocycles. The molecule has 1 aromatic carbocycles. The second kappa shape index (κ2) is 6.11. The lowest BCUT2D eigenvalue weighted by Gasteiger charge is -2.01. The second-order valence-electron chi connectivity index (χ2n) is 3.70. The van der Waals surface area contributed by atoms with E-state index in [2.05, 4.69) is 31.4 Å². The Morgan fingerprint density at radius 3 is 3.00 bits per heavy atom. The lowest BCUT2D eigenvalue weighted by Crippen LogP contribution is -1.99. The fraction of sp³-hybridized carbons (Fsp3) is 0. The molecule has 1 aromatic heterocycles. The van der Waals surface area contributed by atoms with Gasteiger partial charge in [0.15, 0.2) is 0 Å². The number of phenols is 1. The van der Waals surface area contributed by atoms with Crippen LogP contribution in [0.4, 0.5) is 11.5 Å². The first-order chi connectivity index (χ1) is 9.58. The van der Waals surface area contributed by atoms with Gasteiger partial charge in [-0.3, -0.25) is 15.5 Å². The van der Waals surface area contributed by atoms with E-state index >= 15 is 0 Å². The summed E-state index contributed by atoms with van der Waals surface area (Å²) in [7, 11) is 0. The van der Waals surface area contributed by atoms with Gasteiger partial charge in [-0.1, -0.05) is 15.9 Å². The van der Waals surface area contributed by atoms with Gasteiger partial charge >= 0.3 is 5.69 Å². The van der Waals surface area contributed by atoms with E-state index in [4.69, 9.17) is 0 Å². The molecule has 2 rings (SSSR count). The number of aromatic hydroxyl groups is 1. The molecule has 7 nitrogen and oxygen atoms in total. The van der Waals surface area contributed by atoms with Crippen molar-refractivity contribution in [3.05, 3.63) is 56.7 Å². The summed E-state index contributed by atoms with van der Waals surface area (Å²) >= 11 is 3.27. The molecule has 0 fully saturated rings. The summed E-state index contributed by atoms with van der Waals surface area (Å²) in [4.78, 5) is 14.1. The summed E-state index contributed by atoms with van der Waals surface area (Å²) in [6.07, 6.45) is 2.76. The molecule has 0 radical (unpaired) electrons. The van der Waals surface area contributed by atoms with Crippen molar-refractivity contribution in [3.8, 4) is 5.75 Å². The average molecular weight is 337 g/mol. The van der Waals surface area contributed by atoms with E-state index < -0.39 is 4.92 Å². The maximum absolute atomic E-state index is 10.8. The van der Waals surface area contributed by atoms with E-state index in [1.165, 1.54) is 30.6 Å². The number of nitrogens with zero attached hydrogens (tertiary/aromatic N) is 3. The maximum Gasteiger partial charge on any atom is 0.313 e. The number of rotatable bonds is 4. The standard InChI is InChI=1S/C12H9BrN4O3/c13-9-3-4-11(18)8(6-9)7-15-16-12-10(17(19)20)2-1-5-14-12/h1-7,18H,(H,14,16)/b15-7+. The van der Waals surface area contributed by atoms with Gasteiger partial charge in [0, 0.05) is 22.3 Å². The van der Waals surface area contributed by atoms with Gasteiger partial charge in [0.25, 0.3) is 0 Å². The minimum absolute atomic E-state index is 0.0308. The largest absolute Gasteiger partial charge is 0.507 e. The number of aromatic nitrogens is 1. The van der Waals surface area contributed by atoms with Crippen LogP contribution in [0.1, 0.15) is 5.56 Å². The van der Waals surface area contributed by atoms with Crippen LogP contribution >= 0.6 is 15.9 Å². The molecule has 0 amide bonds. The fourth-order valence-corrected chi connectivity index (χ4v) is 1.80. The summed E-state index contributed by atoms with van der Waals surface area (Å²) < 4.78 is 0.778. The van der Waals surface area contributed by atoms with Crippen LogP contribution in [0.5, 0.6) is 5.75 Å². The number of halogens is 1. The van der Waals surface area contributed by atoms with Crippen LogP contribution in [0.3, 0.4) is 0 Å². The topological polar surface area (TPSA) is 101 Å². The Labute approximate surface area is 122 Å². The third-order valence-electron chi connectivity index (χ3n) is 2.35. The number of hydrogen-bond acceptors (Lipinski definition) is 6. The summed E-state index contributed by atoms with van der Waals surface area (Å²) in [6.45, 7) is 0. The zero-order valence-corrected chi connectivity index (χ0v) is 11.6. The van der Waals surface area contributed by atoms with E-state index in [1.807, 2.05) is 0 Å². The monoisotopic (exact) mass is 336 g/mol. The molecule has 0 saturated carbocycles. The summed E-state index contributed by atoms with van der Waals surface area (Å²) in [5.74, 6) is 0.0810. The Bertz CT molecular complexity index is 676. The predicted molar refractivity (Wildman–Crippen MR) is 77.9 cm³/mol. The Hall–Kier alpha value is -2.48. The van der Waals surface area contributed by atoms with Crippen molar-refractivity contribution in [2.75, 3.05) is 5.43 Å². The van der Waals surface area contributed by atoms with E-state index in [1.54, 1.807) is 12.1 Å². The van der Waals surface area contributed by atoms with Crippen LogP contribution in [0.2, 0.25) is 0 Å². The number of pyridine rings is 1. The van der Waals surface area contributed by atoms with E-state index in [0.29, 0.717) is 5.56 Å². The molecular weight excluding hydrogens is 328 g/mol. The highest BCUT2D eigenvalue weighted by Gasteiger charge is 2.12. The molecule has 0 unspecified atom stereocenters. The van der Waals surface area contributed by atoms with Crippen LogP contribution < -0.4 is 5.43 Å². The third kappa shape index (κ3) is 3.29. The highest BCUT2D eigenvalue weighted by atomic mass is 79.9. The number of nitrogens with one attached hydrogen (secondary N) is 1. The molecule has 0 spiro atoms. The van der Waals surface area contributed by atoms with E-state index in [-0.39, 0.29) is 17.3 Å². The van der Waals surface area contributed by atoms with Gasteiger partial charge in [0.1, 0.15) is 5.75 Å². The van der Waals surface area contributed by atoms with Crippen molar-refractivity contribution in [2.24, 2.45) is 5.10 Å². The van der Waals surface area contributed by atoms with Crippen LogP contribution in [0.15, 0.2) is 46.1 Å². The summed E-state index contributed by atoms with van der Waals surface area (Å²) in [5, 5.41) is 24.2. The van der Waals surface area contributed by atoms with Crippen LogP contribution in [0.25, 0.3) is 0 Å². The number of phenolic OH excluding ortho intramolecular Hbond substituents is 1. The average Bonchev–Trinajstić information content (AvgIpc) is 2.43. The Balaban J connectivity index is 2.18. The van der Waals surface area contributed by atoms with Crippen LogP contribution in [-0.4, -0.2) is 21.2 Å². The normalized spacial score (nSPS) is 10.7. The minimum Gasteiger partial charge on any atom is -0.507 e. The van der Waals surface area contributed by atoms with Crippen molar-refractivity contribution in [1.82, 2.24) is 4.98 Å². The Morgan fingerprint density at radius 1 is 1.45 bits per heavy atom. The molecule has 2 N–H and O–H groups in total. The molecule has 102 valence electrons. The van der Waals surface area contributed by atoms with Crippen LogP contribution in [0, 0.1) is 10.1 Å². The van der Waals surface area contributed by atoms with Crippen molar-refractivity contribution in [3.63, 3.8) is 0 Å². The lowest BCUT2D eigenvalue weighted by atomic mass is 10.2. The quantitative estimate of drug-likeness (QED) is 0.507. The minimum atomic E-state index is -0.554. The SMILES string of the molecule is O=[N+]([O-])c1cccnc1N/N=C/c1cc(Br)ccc1O. The van der Waals surface area contributed by atoms with Crippen molar-refractivity contribution < 1.29 is 10.0 Å². The van der Waals surface area contributed by atoms with Crippen molar-refractivity contribution in [2.45, 2.75) is 0 Å². The predicted octanol–water partition coefficient (Wildman–Crippen LogP) is 2.90. The zero-order chi connectivity index (χ0) is 14.5. The molecule has 1 heterocycles. The van der Waals surface area contributed by atoms with Crippen LogP contribution in [-0.2, 0) is 0 Å². The molecule has 0 aliphatic heterocycles. The number of benzene rings is 1. The van der Waals surface area contributed by atoms with Crippen molar-refractivity contribution >= 4 is 33.6 Å². The summed E-state index contributed by atoms with van der Waals surface area (Å²) in [5.41, 5.74) is 2.77. The molecule has 2 aromatic rings. The smallest absolute Gasteiger partial charge is 0.313 e. The first kappa shape index (κ1) is 13.9. The number of anilines is 1. The number of hydrazone groups is 1. The molecule has 0 aliphatic rings. The second-order valence-corrected chi connectivity index (χ2v) is 4.62. The lowest BCUT2D eigenvalue weighted by molar-refractivity contribution is -0.384. The Morgan fingerprint density at radius 2 is 2.25 bits per heavy atom. The molecule has 0 bridgehead atoms. The van der Waals surface area contributed by atoms with E-state index in [9.17, 15) is 15.2 Å². The van der Waals surface area contributed by atoms with Gasteiger partial charge in [-0.05, 0) is 24.3 Å². The fourth-order valence-electron chi connectivity index (χ4n) is 1.42. The first-order valence-corrected chi connectivity index (χ1v) is 6.24. The number of hydrogen-bond donors (Lipinski definition) is 2. The van der Waals surface area contributed by atoms with Gasteiger partial charge in [0.05, 0.1) is 11.1 Å². The Kier molecular flexibility index (Phi) is 4.26. The highest BCUT2D eigenvalue weighted by molar-refractivity contribution is 9.10. The van der Waals surface area contributed by atoms with Gasteiger partial charge < -0.3 is 5.11 Å². The van der Waals surface area contributed by atoms with Gasteiger partial charge in [-0.15, -0.1) is 0 Å².